The maximum atomic E-state index is 12.6. The predicted octanol–water partition coefficient (Wildman–Crippen LogP) is 1.27. The fourth-order valence-corrected chi connectivity index (χ4v) is 3.68. The number of carbonyl (C=O) groups is 1. The first-order valence-electron chi connectivity index (χ1n) is 8.30. The molecule has 126 valence electrons. The lowest BCUT2D eigenvalue weighted by Gasteiger charge is -2.37. The molecule has 1 saturated carbocycles. The first kappa shape index (κ1) is 15.4. The van der Waals surface area contributed by atoms with Crippen LogP contribution in [0.5, 0.6) is 0 Å². The van der Waals surface area contributed by atoms with Crippen molar-refractivity contribution >= 4 is 23.6 Å². The van der Waals surface area contributed by atoms with Crippen molar-refractivity contribution in [3.05, 3.63) is 10.8 Å². The molecule has 1 atom stereocenters. The number of amides is 2. The Morgan fingerprint density at radius 3 is 2.50 bits per heavy atom. The highest BCUT2D eigenvalue weighted by Gasteiger charge is 2.42. The Balaban J connectivity index is 1.47. The molecule has 0 spiro atoms. The van der Waals surface area contributed by atoms with Crippen molar-refractivity contribution in [2.45, 2.75) is 37.8 Å². The van der Waals surface area contributed by atoms with Crippen LogP contribution in [-0.4, -0.2) is 69.3 Å². The molecule has 3 heterocycles. The summed E-state index contributed by atoms with van der Waals surface area (Å²) in [5, 5.41) is 16.8. The van der Waals surface area contributed by atoms with Crippen LogP contribution in [0.15, 0.2) is 0 Å². The second kappa shape index (κ2) is 6.06. The SMILES string of the molecule is N#Cc1nnc(N2CCCC(N3CCN(C4CC4)C3=O)C2)nc1Cl. The number of anilines is 1. The third-order valence-electron chi connectivity index (χ3n) is 4.92. The zero-order valence-corrected chi connectivity index (χ0v) is 14.0. The van der Waals surface area contributed by atoms with E-state index in [1.807, 2.05) is 20.8 Å². The molecule has 2 amide bonds. The number of urea groups is 1. The van der Waals surface area contributed by atoms with Gasteiger partial charge in [0.25, 0.3) is 0 Å². The first-order chi connectivity index (χ1) is 11.7. The van der Waals surface area contributed by atoms with Gasteiger partial charge >= 0.3 is 6.03 Å². The minimum absolute atomic E-state index is 0.0313. The van der Waals surface area contributed by atoms with Crippen molar-refractivity contribution in [3.63, 3.8) is 0 Å². The van der Waals surface area contributed by atoms with Crippen LogP contribution in [-0.2, 0) is 0 Å². The van der Waals surface area contributed by atoms with E-state index in [1.165, 1.54) is 0 Å². The van der Waals surface area contributed by atoms with Gasteiger partial charge in [-0.2, -0.15) is 10.2 Å². The zero-order chi connectivity index (χ0) is 16.7. The molecule has 9 heteroatoms. The van der Waals surface area contributed by atoms with Crippen LogP contribution in [0.25, 0.3) is 0 Å². The number of halogens is 1. The minimum Gasteiger partial charge on any atom is -0.337 e. The maximum Gasteiger partial charge on any atom is 0.320 e. The zero-order valence-electron chi connectivity index (χ0n) is 13.2. The van der Waals surface area contributed by atoms with Crippen LogP contribution in [0.2, 0.25) is 5.15 Å². The number of nitriles is 1. The Bertz CT molecular complexity index is 702. The van der Waals surface area contributed by atoms with Crippen LogP contribution in [0, 0.1) is 11.3 Å². The summed E-state index contributed by atoms with van der Waals surface area (Å²) in [4.78, 5) is 22.8. The van der Waals surface area contributed by atoms with E-state index in [2.05, 4.69) is 15.2 Å². The Morgan fingerprint density at radius 1 is 1.08 bits per heavy atom. The molecular formula is C15H18ClN7O. The Labute approximate surface area is 145 Å². The second-order valence-electron chi connectivity index (χ2n) is 6.51. The number of aromatic nitrogens is 3. The highest BCUT2D eigenvalue weighted by atomic mass is 35.5. The van der Waals surface area contributed by atoms with Gasteiger partial charge in [0.15, 0.2) is 10.8 Å². The van der Waals surface area contributed by atoms with Gasteiger partial charge in [-0.25, -0.2) is 4.79 Å². The molecule has 1 aliphatic carbocycles. The predicted molar refractivity (Wildman–Crippen MR) is 86.6 cm³/mol. The topological polar surface area (TPSA) is 89.3 Å². The molecule has 0 bridgehead atoms. The first-order valence-corrected chi connectivity index (χ1v) is 8.67. The lowest BCUT2D eigenvalue weighted by Crippen LogP contribution is -2.50. The van der Waals surface area contributed by atoms with E-state index in [0.717, 1.165) is 45.3 Å². The minimum atomic E-state index is 0.0313. The molecule has 0 aromatic carbocycles. The normalized spacial score (nSPS) is 24.4. The van der Waals surface area contributed by atoms with E-state index >= 15 is 0 Å². The summed E-state index contributed by atoms with van der Waals surface area (Å²) >= 11 is 5.96. The van der Waals surface area contributed by atoms with Gasteiger partial charge in [-0.05, 0) is 25.7 Å². The van der Waals surface area contributed by atoms with E-state index in [0.29, 0.717) is 18.5 Å². The summed E-state index contributed by atoms with van der Waals surface area (Å²) in [6.45, 7) is 3.10. The Hall–Kier alpha value is -2.14. The fraction of sp³-hybridized carbons (Fsp3) is 0.667. The number of nitrogens with zero attached hydrogens (tertiary/aromatic N) is 7. The molecule has 0 N–H and O–H groups in total. The lowest BCUT2D eigenvalue weighted by atomic mass is 10.0. The van der Waals surface area contributed by atoms with Crippen LogP contribution in [0.4, 0.5) is 10.7 Å². The van der Waals surface area contributed by atoms with Gasteiger partial charge in [0.1, 0.15) is 6.07 Å². The number of hydrogen-bond donors (Lipinski definition) is 0. The van der Waals surface area contributed by atoms with Crippen LogP contribution in [0.1, 0.15) is 31.4 Å². The number of carbonyl (C=O) groups excluding carboxylic acids is 1. The molecule has 3 aliphatic rings. The molecule has 3 fully saturated rings. The second-order valence-corrected chi connectivity index (χ2v) is 6.86. The van der Waals surface area contributed by atoms with Crippen LogP contribution in [0.3, 0.4) is 0 Å². The summed E-state index contributed by atoms with van der Waals surface area (Å²) in [6, 6.07) is 2.65. The van der Waals surface area contributed by atoms with Crippen molar-refractivity contribution in [1.29, 1.82) is 5.26 Å². The van der Waals surface area contributed by atoms with Gasteiger partial charge in [-0.15, -0.1) is 10.2 Å². The average molecular weight is 348 g/mol. The largest absolute Gasteiger partial charge is 0.337 e. The Morgan fingerprint density at radius 2 is 1.83 bits per heavy atom. The molecule has 24 heavy (non-hydrogen) atoms. The van der Waals surface area contributed by atoms with Crippen molar-refractivity contribution in [2.24, 2.45) is 0 Å². The number of piperidine rings is 1. The van der Waals surface area contributed by atoms with E-state index < -0.39 is 0 Å². The van der Waals surface area contributed by atoms with E-state index in [1.54, 1.807) is 0 Å². The molecule has 2 saturated heterocycles. The van der Waals surface area contributed by atoms with Crippen molar-refractivity contribution in [1.82, 2.24) is 25.0 Å². The monoisotopic (exact) mass is 347 g/mol. The highest BCUT2D eigenvalue weighted by Crippen LogP contribution is 2.32. The third-order valence-corrected chi connectivity index (χ3v) is 5.18. The highest BCUT2D eigenvalue weighted by molar-refractivity contribution is 6.30. The summed E-state index contributed by atoms with van der Waals surface area (Å²) in [5.41, 5.74) is 0.0313. The summed E-state index contributed by atoms with van der Waals surface area (Å²) in [6.07, 6.45) is 4.22. The molecule has 4 rings (SSSR count). The summed E-state index contributed by atoms with van der Waals surface area (Å²) in [7, 11) is 0. The van der Waals surface area contributed by atoms with Gasteiger partial charge in [-0.1, -0.05) is 11.6 Å². The van der Waals surface area contributed by atoms with Crippen LogP contribution < -0.4 is 4.90 Å². The maximum absolute atomic E-state index is 12.6. The molecule has 1 unspecified atom stereocenters. The van der Waals surface area contributed by atoms with Gasteiger partial charge < -0.3 is 14.7 Å². The quantitative estimate of drug-likeness (QED) is 0.818. The molecule has 8 nitrogen and oxygen atoms in total. The third kappa shape index (κ3) is 2.73. The average Bonchev–Trinajstić information content (AvgIpc) is 3.37. The van der Waals surface area contributed by atoms with E-state index in [4.69, 9.17) is 16.9 Å². The van der Waals surface area contributed by atoms with Crippen molar-refractivity contribution < 1.29 is 4.79 Å². The lowest BCUT2D eigenvalue weighted by molar-refractivity contribution is 0.169. The van der Waals surface area contributed by atoms with Crippen molar-refractivity contribution in [3.8, 4) is 6.07 Å². The number of rotatable bonds is 3. The van der Waals surface area contributed by atoms with Crippen molar-refractivity contribution in [2.75, 3.05) is 31.1 Å². The van der Waals surface area contributed by atoms with Gasteiger partial charge in [0.2, 0.25) is 5.95 Å². The van der Waals surface area contributed by atoms with Crippen LogP contribution >= 0.6 is 11.6 Å². The van der Waals surface area contributed by atoms with Gasteiger partial charge in [0, 0.05) is 32.2 Å². The fourth-order valence-electron chi connectivity index (χ4n) is 3.53. The standard InChI is InChI=1S/C15H18ClN7O/c16-13-12(8-17)19-20-14(18-13)21-5-1-2-11(9-21)23-7-6-22(15(23)24)10-3-4-10/h10-11H,1-7,9H2. The molecule has 2 aliphatic heterocycles. The smallest absolute Gasteiger partial charge is 0.320 e. The van der Waals surface area contributed by atoms with E-state index in [-0.39, 0.29) is 22.9 Å². The summed E-state index contributed by atoms with van der Waals surface area (Å²) < 4.78 is 0. The molecular weight excluding hydrogens is 330 g/mol. The molecule has 0 radical (unpaired) electrons. The van der Waals surface area contributed by atoms with Gasteiger partial charge in [0.05, 0.1) is 6.04 Å². The molecule has 1 aromatic rings. The van der Waals surface area contributed by atoms with E-state index in [9.17, 15) is 4.79 Å². The van der Waals surface area contributed by atoms with Gasteiger partial charge in [-0.3, -0.25) is 0 Å². The summed E-state index contributed by atoms with van der Waals surface area (Å²) in [5.74, 6) is 0.425. The number of hydrogen-bond acceptors (Lipinski definition) is 6. The molecule has 1 aromatic heterocycles. The Kier molecular flexibility index (Phi) is 3.88.